The number of hydrogen-bond donors (Lipinski definition) is 1. The third-order valence-corrected chi connectivity index (χ3v) is 0.809. The van der Waals surface area contributed by atoms with E-state index in [4.69, 9.17) is 5.84 Å². The zero-order valence-electron chi connectivity index (χ0n) is 5.76. The van der Waals surface area contributed by atoms with Gasteiger partial charge in [0.1, 0.15) is 0 Å². The molecule has 0 atom stereocenters. The van der Waals surface area contributed by atoms with Crippen molar-refractivity contribution < 1.29 is 0 Å². The van der Waals surface area contributed by atoms with Crippen molar-refractivity contribution in [1.29, 1.82) is 0 Å². The number of hydrogen-bond acceptors (Lipinski definition) is 2. The van der Waals surface area contributed by atoms with E-state index in [9.17, 15) is 0 Å². The molecule has 0 heterocycles. The first-order valence-corrected chi connectivity index (χ1v) is 2.78. The summed E-state index contributed by atoms with van der Waals surface area (Å²) < 4.78 is 0. The van der Waals surface area contributed by atoms with E-state index < -0.39 is 0 Å². The molecule has 2 N–H and O–H groups in total. The van der Waals surface area contributed by atoms with Gasteiger partial charge in [-0.05, 0) is 12.5 Å². The van der Waals surface area contributed by atoms with Crippen molar-refractivity contribution in [3.63, 3.8) is 0 Å². The van der Waals surface area contributed by atoms with Gasteiger partial charge in [0.05, 0.1) is 0 Å². The molecule has 0 saturated carbocycles. The van der Waals surface area contributed by atoms with Crippen LogP contribution in [-0.4, -0.2) is 18.7 Å². The SMILES string of the molecule is C[N-]N(N)CC(C)C. The van der Waals surface area contributed by atoms with Gasteiger partial charge in [0.15, 0.2) is 0 Å². The lowest BCUT2D eigenvalue weighted by molar-refractivity contribution is 0.320. The van der Waals surface area contributed by atoms with Gasteiger partial charge in [-0.25, -0.2) is 0 Å². The Morgan fingerprint density at radius 1 is 1.62 bits per heavy atom. The summed E-state index contributed by atoms with van der Waals surface area (Å²) in [4.78, 5) is 0. The van der Waals surface area contributed by atoms with Crippen LogP contribution in [0.2, 0.25) is 0 Å². The Labute approximate surface area is 50.8 Å². The molecule has 0 aliphatic heterocycles. The molecule has 0 saturated heterocycles. The van der Waals surface area contributed by atoms with Gasteiger partial charge in [-0.1, -0.05) is 13.8 Å². The molecule has 0 aromatic rings. The Hall–Kier alpha value is -0.120. The highest BCUT2D eigenvalue weighted by molar-refractivity contribution is 4.62. The number of hydrazine groups is 1. The van der Waals surface area contributed by atoms with Gasteiger partial charge in [0.2, 0.25) is 0 Å². The maximum absolute atomic E-state index is 5.34. The van der Waals surface area contributed by atoms with Crippen molar-refractivity contribution in [2.75, 3.05) is 13.6 Å². The van der Waals surface area contributed by atoms with E-state index in [1.807, 2.05) is 0 Å². The second kappa shape index (κ2) is 3.83. The summed E-state index contributed by atoms with van der Waals surface area (Å²) >= 11 is 0. The topological polar surface area (TPSA) is 43.4 Å². The molecule has 0 unspecified atom stereocenters. The van der Waals surface area contributed by atoms with Crippen molar-refractivity contribution in [1.82, 2.24) is 5.12 Å². The molecule has 0 fully saturated rings. The van der Waals surface area contributed by atoms with Crippen molar-refractivity contribution in [2.45, 2.75) is 13.8 Å². The molecule has 0 spiro atoms. The standard InChI is InChI=1S/C5H14N3/c1-5(2)4-8(6)7-3/h5H,4,6H2,1-3H3/q-1. The highest BCUT2D eigenvalue weighted by Gasteiger charge is 1.89. The van der Waals surface area contributed by atoms with Gasteiger partial charge in [-0.2, -0.15) is 7.05 Å². The smallest absolute Gasteiger partial charge is 0.00500 e. The highest BCUT2D eigenvalue weighted by atomic mass is 15.7. The predicted molar refractivity (Wildman–Crippen MR) is 35.0 cm³/mol. The fourth-order valence-corrected chi connectivity index (χ4v) is 0.456. The normalized spacial score (nSPS) is 11.2. The number of nitrogens with two attached hydrogens (primary N) is 1. The zero-order chi connectivity index (χ0) is 6.57. The Morgan fingerprint density at radius 2 is 2.12 bits per heavy atom. The molecule has 0 rings (SSSR count). The van der Waals surface area contributed by atoms with Crippen LogP contribution < -0.4 is 5.84 Å². The molecule has 0 radical (unpaired) electrons. The monoisotopic (exact) mass is 116 g/mol. The summed E-state index contributed by atoms with van der Waals surface area (Å²) in [7, 11) is 1.68. The van der Waals surface area contributed by atoms with E-state index in [0.717, 1.165) is 6.54 Å². The van der Waals surface area contributed by atoms with Crippen molar-refractivity contribution >= 4 is 0 Å². The van der Waals surface area contributed by atoms with Crippen LogP contribution in [0.15, 0.2) is 0 Å². The van der Waals surface area contributed by atoms with Gasteiger partial charge < -0.3 is 10.5 Å². The van der Waals surface area contributed by atoms with Crippen LogP contribution in [0.4, 0.5) is 0 Å². The van der Waals surface area contributed by atoms with Crippen LogP contribution in [0.25, 0.3) is 5.43 Å². The first kappa shape index (κ1) is 7.88. The Bertz CT molecular complexity index is 53.6. The summed E-state index contributed by atoms with van der Waals surface area (Å²) in [6.07, 6.45) is 0. The van der Waals surface area contributed by atoms with Crippen molar-refractivity contribution in [3.05, 3.63) is 5.43 Å². The lowest BCUT2D eigenvalue weighted by atomic mass is 10.2. The summed E-state index contributed by atoms with van der Waals surface area (Å²) in [6.45, 7) is 5.03. The van der Waals surface area contributed by atoms with Crippen LogP contribution in [0.1, 0.15) is 13.8 Å². The van der Waals surface area contributed by atoms with Crippen LogP contribution in [-0.2, 0) is 0 Å². The van der Waals surface area contributed by atoms with Gasteiger partial charge in [-0.15, -0.1) is 0 Å². The van der Waals surface area contributed by atoms with Crippen molar-refractivity contribution in [2.24, 2.45) is 11.8 Å². The molecule has 0 aromatic heterocycles. The van der Waals surface area contributed by atoms with Gasteiger partial charge in [0, 0.05) is 0 Å². The van der Waals surface area contributed by atoms with Crippen LogP contribution in [0, 0.1) is 5.92 Å². The molecule has 0 amide bonds. The van der Waals surface area contributed by atoms with Crippen LogP contribution >= 0.6 is 0 Å². The zero-order valence-corrected chi connectivity index (χ0v) is 5.76. The first-order chi connectivity index (χ1) is 3.66. The summed E-state index contributed by atoms with van der Waals surface area (Å²) in [6, 6.07) is 0. The summed E-state index contributed by atoms with van der Waals surface area (Å²) in [5.74, 6) is 5.93. The summed E-state index contributed by atoms with van der Waals surface area (Å²) in [5.41, 5.74) is 3.74. The molecular weight excluding hydrogens is 102 g/mol. The molecule has 0 bridgehead atoms. The number of rotatable bonds is 3. The van der Waals surface area contributed by atoms with Gasteiger partial charge in [0.25, 0.3) is 0 Å². The predicted octanol–water partition coefficient (Wildman–Crippen LogP) is 0.737. The summed E-state index contributed by atoms with van der Waals surface area (Å²) in [5, 5.41) is 1.45. The van der Waals surface area contributed by atoms with Gasteiger partial charge >= 0.3 is 0 Å². The first-order valence-electron chi connectivity index (χ1n) is 2.78. The minimum Gasteiger partial charge on any atom is -0.583 e. The maximum atomic E-state index is 5.34. The van der Waals surface area contributed by atoms with E-state index in [1.165, 1.54) is 5.12 Å². The molecule has 50 valence electrons. The third-order valence-electron chi connectivity index (χ3n) is 0.809. The molecule has 3 heteroatoms. The van der Waals surface area contributed by atoms with E-state index in [2.05, 4.69) is 19.3 Å². The number of nitrogens with zero attached hydrogens (tertiary/aromatic N) is 2. The van der Waals surface area contributed by atoms with E-state index in [1.54, 1.807) is 7.05 Å². The fraction of sp³-hybridized carbons (Fsp3) is 1.00. The highest BCUT2D eigenvalue weighted by Crippen LogP contribution is 1.94. The second-order valence-electron chi connectivity index (χ2n) is 2.22. The van der Waals surface area contributed by atoms with Gasteiger partial charge in [-0.3, -0.25) is 5.84 Å². The molecule has 0 aromatic carbocycles. The van der Waals surface area contributed by atoms with Crippen molar-refractivity contribution in [3.8, 4) is 0 Å². The molecule has 0 aliphatic rings. The second-order valence-corrected chi connectivity index (χ2v) is 2.22. The molecule has 3 nitrogen and oxygen atoms in total. The maximum Gasteiger partial charge on any atom is -0.00500 e. The van der Waals surface area contributed by atoms with Crippen LogP contribution in [0.5, 0.6) is 0 Å². The van der Waals surface area contributed by atoms with Crippen LogP contribution in [0.3, 0.4) is 0 Å². The molecular formula is C5H14N3-. The largest absolute Gasteiger partial charge is 0.583 e. The minimum atomic E-state index is 0.587. The minimum absolute atomic E-state index is 0.587. The van der Waals surface area contributed by atoms with E-state index in [-0.39, 0.29) is 0 Å². The Morgan fingerprint density at radius 3 is 2.25 bits per heavy atom. The molecule has 8 heavy (non-hydrogen) atoms. The Kier molecular flexibility index (Phi) is 3.77. The lowest BCUT2D eigenvalue weighted by Gasteiger charge is -2.29. The lowest BCUT2D eigenvalue weighted by Crippen LogP contribution is -2.29. The average molecular weight is 116 g/mol. The quantitative estimate of drug-likeness (QED) is 0.436. The fourth-order valence-electron chi connectivity index (χ4n) is 0.456. The third kappa shape index (κ3) is 4.05. The van der Waals surface area contributed by atoms with E-state index in [0.29, 0.717) is 5.92 Å². The Balaban J connectivity index is 3.10. The molecule has 0 aliphatic carbocycles. The van der Waals surface area contributed by atoms with E-state index >= 15 is 0 Å². The average Bonchev–Trinajstić information content (AvgIpc) is 1.65.